The highest BCUT2D eigenvalue weighted by Crippen LogP contribution is 2.15. The van der Waals surface area contributed by atoms with Crippen molar-refractivity contribution in [3.63, 3.8) is 0 Å². The van der Waals surface area contributed by atoms with Crippen LogP contribution in [0.25, 0.3) is 5.69 Å². The molecule has 0 aliphatic rings. The fraction of sp³-hybridized carbons (Fsp3) is 0.150. The second-order valence-corrected chi connectivity index (χ2v) is 6.11. The summed E-state index contributed by atoms with van der Waals surface area (Å²) in [4.78, 5) is 24.8. The normalized spacial score (nSPS) is 11.9. The molecule has 1 atom stereocenters. The lowest BCUT2D eigenvalue weighted by atomic mass is 10.1. The molecule has 7 heteroatoms. The third-order valence-corrected chi connectivity index (χ3v) is 4.10. The Hall–Kier alpha value is -3.35. The number of carbonyl (C=O) groups excluding carboxylic acids is 1. The minimum atomic E-state index is -0.721. The first-order valence-corrected chi connectivity index (χ1v) is 8.29. The number of benzene rings is 2. The molecule has 0 unspecified atom stereocenters. The number of halogens is 2. The van der Waals surface area contributed by atoms with Crippen LogP contribution in [0.3, 0.4) is 0 Å². The Kier molecular flexibility index (Phi) is 5.12. The second kappa shape index (κ2) is 7.49. The first-order valence-electron chi connectivity index (χ1n) is 8.29. The number of carbonyl (C=O) groups is 1. The Balaban J connectivity index is 1.94. The van der Waals surface area contributed by atoms with E-state index in [4.69, 9.17) is 0 Å². The van der Waals surface area contributed by atoms with Crippen molar-refractivity contribution < 1.29 is 13.6 Å². The van der Waals surface area contributed by atoms with Crippen molar-refractivity contribution in [3.05, 3.63) is 93.4 Å². The number of aryl methyl sites for hydroxylation is 1. The van der Waals surface area contributed by atoms with Crippen molar-refractivity contribution in [1.82, 2.24) is 15.1 Å². The maximum Gasteiger partial charge on any atom is 0.276 e. The minimum Gasteiger partial charge on any atom is -0.344 e. The van der Waals surface area contributed by atoms with Crippen LogP contribution in [0.15, 0.2) is 59.4 Å². The predicted octanol–water partition coefficient (Wildman–Crippen LogP) is 3.31. The van der Waals surface area contributed by atoms with E-state index in [1.165, 1.54) is 47.1 Å². The molecule has 5 nitrogen and oxygen atoms in total. The minimum absolute atomic E-state index is 0.127. The van der Waals surface area contributed by atoms with Crippen LogP contribution in [0.4, 0.5) is 8.78 Å². The molecule has 1 aromatic heterocycles. The molecule has 1 N–H and O–H groups in total. The molecule has 0 aliphatic heterocycles. The molecule has 27 heavy (non-hydrogen) atoms. The zero-order valence-corrected chi connectivity index (χ0v) is 14.7. The molecule has 138 valence electrons. The van der Waals surface area contributed by atoms with Gasteiger partial charge in [0.2, 0.25) is 5.43 Å². The number of nitrogens with one attached hydrogen (secondary N) is 1. The number of hydrogen-bond donors (Lipinski definition) is 1. The zero-order valence-electron chi connectivity index (χ0n) is 14.7. The van der Waals surface area contributed by atoms with Crippen LogP contribution in [-0.2, 0) is 0 Å². The van der Waals surface area contributed by atoms with Crippen LogP contribution < -0.4 is 10.7 Å². The van der Waals surface area contributed by atoms with E-state index in [0.29, 0.717) is 11.3 Å². The first-order chi connectivity index (χ1) is 12.9. The topological polar surface area (TPSA) is 64.0 Å². The van der Waals surface area contributed by atoms with E-state index >= 15 is 0 Å². The van der Waals surface area contributed by atoms with Gasteiger partial charge in [0.25, 0.3) is 5.91 Å². The molecule has 0 spiro atoms. The summed E-state index contributed by atoms with van der Waals surface area (Å²) in [6.45, 7) is 3.26. The number of nitrogens with zero attached hydrogens (tertiary/aromatic N) is 2. The molecular weight excluding hydrogens is 352 g/mol. The SMILES string of the molecule is Cc1cc(=O)c(C(=O)N[C@H](C)c2cccc(F)c2)nn1-c1ccccc1F. The molecule has 0 bridgehead atoms. The van der Waals surface area contributed by atoms with Gasteiger partial charge in [-0.3, -0.25) is 9.59 Å². The lowest BCUT2D eigenvalue weighted by Crippen LogP contribution is -2.33. The number of amides is 1. The van der Waals surface area contributed by atoms with Crippen molar-refractivity contribution in [2.45, 2.75) is 19.9 Å². The Morgan fingerprint density at radius 3 is 2.56 bits per heavy atom. The standard InChI is InChI=1S/C20H17F2N3O2/c1-12-10-18(26)19(24-25(12)17-9-4-3-8-16(17)22)20(27)23-13(2)14-6-5-7-15(21)11-14/h3-11,13H,1-2H3,(H,23,27)/t13-/m1/s1. The summed E-state index contributed by atoms with van der Waals surface area (Å²) in [5.74, 6) is -1.68. The van der Waals surface area contributed by atoms with Gasteiger partial charge >= 0.3 is 0 Å². The van der Waals surface area contributed by atoms with Crippen LogP contribution in [0, 0.1) is 18.6 Å². The summed E-state index contributed by atoms with van der Waals surface area (Å²) in [5, 5.41) is 6.66. The van der Waals surface area contributed by atoms with E-state index in [0.717, 1.165) is 0 Å². The van der Waals surface area contributed by atoms with Crippen molar-refractivity contribution in [1.29, 1.82) is 0 Å². The van der Waals surface area contributed by atoms with Gasteiger partial charge in [-0.1, -0.05) is 24.3 Å². The average molecular weight is 369 g/mol. The molecule has 0 aliphatic carbocycles. The molecule has 0 saturated carbocycles. The van der Waals surface area contributed by atoms with Gasteiger partial charge in [0.15, 0.2) is 5.69 Å². The Bertz CT molecular complexity index is 1060. The molecule has 0 saturated heterocycles. The van der Waals surface area contributed by atoms with Gasteiger partial charge < -0.3 is 5.32 Å². The molecule has 0 fully saturated rings. The summed E-state index contributed by atoms with van der Waals surface area (Å²) < 4.78 is 28.7. The van der Waals surface area contributed by atoms with Crippen molar-refractivity contribution in [2.24, 2.45) is 0 Å². The molecule has 1 heterocycles. The Morgan fingerprint density at radius 2 is 1.85 bits per heavy atom. The van der Waals surface area contributed by atoms with Crippen molar-refractivity contribution >= 4 is 5.91 Å². The van der Waals surface area contributed by atoms with Gasteiger partial charge in [-0.25, -0.2) is 13.5 Å². The number of hydrogen-bond acceptors (Lipinski definition) is 3. The third kappa shape index (κ3) is 3.92. The van der Waals surface area contributed by atoms with Gasteiger partial charge in [0.1, 0.15) is 17.3 Å². The van der Waals surface area contributed by atoms with Crippen molar-refractivity contribution in [3.8, 4) is 5.69 Å². The van der Waals surface area contributed by atoms with Gasteiger partial charge in [0, 0.05) is 11.8 Å². The molecule has 0 radical (unpaired) electrons. The third-order valence-electron chi connectivity index (χ3n) is 4.10. The summed E-state index contributed by atoms with van der Waals surface area (Å²) in [6, 6.07) is 12.4. The Labute approximate surface area is 154 Å². The smallest absolute Gasteiger partial charge is 0.276 e. The molecule has 3 rings (SSSR count). The average Bonchev–Trinajstić information content (AvgIpc) is 2.62. The van der Waals surface area contributed by atoms with Gasteiger partial charge in [-0.05, 0) is 43.7 Å². The maximum atomic E-state index is 14.1. The fourth-order valence-corrected chi connectivity index (χ4v) is 2.70. The molecule has 3 aromatic rings. The summed E-state index contributed by atoms with van der Waals surface area (Å²) in [7, 11) is 0. The summed E-state index contributed by atoms with van der Waals surface area (Å²) >= 11 is 0. The van der Waals surface area contributed by atoms with Gasteiger partial charge in [0.05, 0.1) is 6.04 Å². The van der Waals surface area contributed by atoms with E-state index < -0.39 is 29.0 Å². The van der Waals surface area contributed by atoms with E-state index in [2.05, 4.69) is 10.4 Å². The van der Waals surface area contributed by atoms with Crippen LogP contribution in [-0.4, -0.2) is 15.7 Å². The van der Waals surface area contributed by atoms with Crippen LogP contribution in [0.1, 0.15) is 34.7 Å². The largest absolute Gasteiger partial charge is 0.344 e. The van der Waals surface area contributed by atoms with Crippen LogP contribution >= 0.6 is 0 Å². The Morgan fingerprint density at radius 1 is 1.11 bits per heavy atom. The zero-order chi connectivity index (χ0) is 19.6. The summed E-state index contributed by atoms with van der Waals surface area (Å²) in [6.07, 6.45) is 0. The fourth-order valence-electron chi connectivity index (χ4n) is 2.70. The molecular formula is C20H17F2N3O2. The quantitative estimate of drug-likeness (QED) is 0.767. The number of rotatable bonds is 4. The monoisotopic (exact) mass is 369 g/mol. The lowest BCUT2D eigenvalue weighted by molar-refractivity contribution is 0.0931. The van der Waals surface area contributed by atoms with Gasteiger partial charge in [-0.2, -0.15) is 5.10 Å². The first kappa shape index (κ1) is 18.4. The van der Waals surface area contributed by atoms with E-state index in [1.54, 1.807) is 26.0 Å². The van der Waals surface area contributed by atoms with E-state index in [9.17, 15) is 18.4 Å². The second-order valence-electron chi connectivity index (χ2n) is 6.11. The summed E-state index contributed by atoms with van der Waals surface area (Å²) in [5.41, 5.74) is 0.114. The van der Waals surface area contributed by atoms with E-state index in [1.807, 2.05) is 0 Å². The molecule has 2 aromatic carbocycles. The molecule has 1 amide bonds. The highest BCUT2D eigenvalue weighted by Gasteiger charge is 2.19. The highest BCUT2D eigenvalue weighted by atomic mass is 19.1. The maximum absolute atomic E-state index is 14.1. The lowest BCUT2D eigenvalue weighted by Gasteiger charge is -2.15. The number of aromatic nitrogens is 2. The van der Waals surface area contributed by atoms with Gasteiger partial charge in [-0.15, -0.1) is 0 Å². The predicted molar refractivity (Wildman–Crippen MR) is 96.8 cm³/mol. The van der Waals surface area contributed by atoms with Crippen molar-refractivity contribution in [2.75, 3.05) is 0 Å². The van der Waals surface area contributed by atoms with Crippen LogP contribution in [0.5, 0.6) is 0 Å². The number of para-hydroxylation sites is 1. The highest BCUT2D eigenvalue weighted by molar-refractivity contribution is 5.92. The van der Waals surface area contributed by atoms with Crippen LogP contribution in [0.2, 0.25) is 0 Å². The van der Waals surface area contributed by atoms with E-state index in [-0.39, 0.29) is 11.4 Å².